The minimum atomic E-state index is 0. The number of nitrogens with two attached hydrogens (primary N) is 1. The van der Waals surface area contributed by atoms with Crippen LogP contribution >= 0.6 is 12.4 Å². The molecule has 23 heavy (non-hydrogen) atoms. The van der Waals surface area contributed by atoms with Gasteiger partial charge in [0.15, 0.2) is 0 Å². The van der Waals surface area contributed by atoms with Crippen LogP contribution in [0.5, 0.6) is 0 Å². The van der Waals surface area contributed by atoms with Crippen LogP contribution in [-0.4, -0.2) is 43.0 Å². The van der Waals surface area contributed by atoms with E-state index in [0.717, 1.165) is 50.5 Å². The molecule has 2 N–H and O–H groups in total. The summed E-state index contributed by atoms with van der Waals surface area (Å²) in [6, 6.07) is 8.68. The summed E-state index contributed by atoms with van der Waals surface area (Å²) in [5.41, 5.74) is 8.62. The molecule has 0 spiro atoms. The van der Waals surface area contributed by atoms with Gasteiger partial charge in [-0.25, -0.2) is 0 Å². The molecule has 1 aromatic rings. The molecule has 3 unspecified atom stereocenters. The van der Waals surface area contributed by atoms with Crippen molar-refractivity contribution in [1.29, 1.82) is 0 Å². The number of anilines is 1. The van der Waals surface area contributed by atoms with E-state index in [1.165, 1.54) is 12.0 Å². The molecule has 5 heteroatoms. The Balaban J connectivity index is 0.00000156. The molecule has 0 aromatic heterocycles. The number of rotatable bonds is 2. The molecule has 1 aliphatic carbocycles. The number of hydrogen-bond acceptors (Lipinski definition) is 3. The lowest BCUT2D eigenvalue weighted by Gasteiger charge is -2.31. The standard InChI is InChI=1S/C18H25N3O.ClH/c19-16-8-7-14-10-20(11-15(14)16)12-18(22)21-9-3-5-13-4-1-2-6-17(13)21;/h1-2,4,6,14-16H,3,5,7-12,19H2;1H. The topological polar surface area (TPSA) is 49.6 Å². The number of fused-ring (bicyclic) bond motifs is 2. The van der Waals surface area contributed by atoms with Crippen molar-refractivity contribution in [2.45, 2.75) is 31.7 Å². The second kappa shape index (κ2) is 6.80. The van der Waals surface area contributed by atoms with Crippen LogP contribution in [0.1, 0.15) is 24.8 Å². The summed E-state index contributed by atoms with van der Waals surface area (Å²) in [5.74, 6) is 1.58. The molecule has 4 nitrogen and oxygen atoms in total. The summed E-state index contributed by atoms with van der Waals surface area (Å²) in [4.78, 5) is 17.1. The van der Waals surface area contributed by atoms with Crippen LogP contribution < -0.4 is 10.6 Å². The second-order valence-electron chi connectivity index (χ2n) is 7.14. The van der Waals surface area contributed by atoms with Crippen molar-refractivity contribution in [3.8, 4) is 0 Å². The van der Waals surface area contributed by atoms with E-state index in [4.69, 9.17) is 5.73 Å². The molecule has 4 rings (SSSR count). The van der Waals surface area contributed by atoms with Gasteiger partial charge in [0.25, 0.3) is 0 Å². The van der Waals surface area contributed by atoms with Gasteiger partial charge in [0.1, 0.15) is 0 Å². The molecular weight excluding hydrogens is 310 g/mol. The maximum absolute atomic E-state index is 12.8. The third-order valence-corrected chi connectivity index (χ3v) is 5.76. The number of aryl methyl sites for hydroxylation is 1. The van der Waals surface area contributed by atoms with Crippen LogP contribution in [-0.2, 0) is 11.2 Å². The smallest absolute Gasteiger partial charge is 0.241 e. The van der Waals surface area contributed by atoms with Gasteiger partial charge in [0, 0.05) is 31.4 Å². The van der Waals surface area contributed by atoms with Crippen molar-refractivity contribution in [2.24, 2.45) is 17.6 Å². The Hall–Kier alpha value is -1.10. The summed E-state index contributed by atoms with van der Waals surface area (Å²) >= 11 is 0. The van der Waals surface area contributed by atoms with Gasteiger partial charge in [-0.05, 0) is 49.1 Å². The first kappa shape index (κ1) is 16.7. The van der Waals surface area contributed by atoms with E-state index in [1.807, 2.05) is 11.0 Å². The summed E-state index contributed by atoms with van der Waals surface area (Å²) in [6.07, 6.45) is 4.56. The average Bonchev–Trinajstić information content (AvgIpc) is 3.08. The predicted octanol–water partition coefficient (Wildman–Crippen LogP) is 2.06. The number of carbonyl (C=O) groups is 1. The number of hydrogen-bond donors (Lipinski definition) is 1. The van der Waals surface area contributed by atoms with E-state index in [2.05, 4.69) is 23.1 Å². The van der Waals surface area contributed by atoms with E-state index in [0.29, 0.717) is 18.5 Å². The van der Waals surface area contributed by atoms with Crippen LogP contribution in [0.3, 0.4) is 0 Å². The van der Waals surface area contributed by atoms with Crippen molar-refractivity contribution < 1.29 is 4.79 Å². The zero-order valence-electron chi connectivity index (χ0n) is 13.5. The molecule has 1 saturated carbocycles. The molecule has 1 amide bonds. The average molecular weight is 336 g/mol. The third-order valence-electron chi connectivity index (χ3n) is 5.76. The Bertz CT molecular complexity index is 579. The summed E-state index contributed by atoms with van der Waals surface area (Å²) in [6.45, 7) is 3.47. The van der Waals surface area contributed by atoms with Gasteiger partial charge in [0.05, 0.1) is 6.54 Å². The van der Waals surface area contributed by atoms with Gasteiger partial charge in [-0.2, -0.15) is 0 Å². The minimum Gasteiger partial charge on any atom is -0.327 e. The highest BCUT2D eigenvalue weighted by Gasteiger charge is 2.41. The van der Waals surface area contributed by atoms with Gasteiger partial charge < -0.3 is 10.6 Å². The van der Waals surface area contributed by atoms with Gasteiger partial charge in [-0.3, -0.25) is 9.69 Å². The Labute approximate surface area is 144 Å². The van der Waals surface area contributed by atoms with Crippen molar-refractivity contribution in [3.05, 3.63) is 29.8 Å². The number of carbonyl (C=O) groups excluding carboxylic acids is 1. The summed E-state index contributed by atoms with van der Waals surface area (Å²) in [5, 5.41) is 0. The monoisotopic (exact) mass is 335 g/mol. The van der Waals surface area contributed by atoms with Gasteiger partial charge in [-0.1, -0.05) is 18.2 Å². The van der Waals surface area contributed by atoms with Crippen LogP contribution in [0, 0.1) is 11.8 Å². The van der Waals surface area contributed by atoms with Crippen molar-refractivity contribution in [1.82, 2.24) is 4.90 Å². The first-order valence-electron chi connectivity index (χ1n) is 8.58. The van der Waals surface area contributed by atoms with Gasteiger partial charge in [-0.15, -0.1) is 12.4 Å². The first-order valence-corrected chi connectivity index (χ1v) is 8.58. The zero-order chi connectivity index (χ0) is 15.1. The molecule has 3 atom stereocenters. The number of amides is 1. The lowest BCUT2D eigenvalue weighted by Crippen LogP contribution is -2.42. The molecular formula is C18H26ClN3O. The van der Waals surface area contributed by atoms with E-state index in [1.54, 1.807) is 0 Å². The lowest BCUT2D eigenvalue weighted by molar-refractivity contribution is -0.119. The summed E-state index contributed by atoms with van der Waals surface area (Å²) in [7, 11) is 0. The molecule has 3 aliphatic rings. The van der Waals surface area contributed by atoms with Crippen molar-refractivity contribution >= 4 is 24.0 Å². The normalized spacial score (nSPS) is 29.8. The van der Waals surface area contributed by atoms with Crippen LogP contribution in [0.2, 0.25) is 0 Å². The second-order valence-corrected chi connectivity index (χ2v) is 7.14. The van der Waals surface area contributed by atoms with Gasteiger partial charge in [0.2, 0.25) is 5.91 Å². The number of para-hydroxylation sites is 1. The molecule has 126 valence electrons. The highest BCUT2D eigenvalue weighted by atomic mass is 35.5. The summed E-state index contributed by atoms with van der Waals surface area (Å²) < 4.78 is 0. The van der Waals surface area contributed by atoms with Crippen molar-refractivity contribution in [3.63, 3.8) is 0 Å². The fraction of sp³-hybridized carbons (Fsp3) is 0.611. The Morgan fingerprint density at radius 2 is 2.04 bits per heavy atom. The van der Waals surface area contributed by atoms with E-state index in [-0.39, 0.29) is 18.3 Å². The van der Waals surface area contributed by atoms with Crippen LogP contribution in [0.4, 0.5) is 5.69 Å². The Morgan fingerprint density at radius 1 is 1.22 bits per heavy atom. The molecule has 2 heterocycles. The van der Waals surface area contributed by atoms with Crippen LogP contribution in [0.25, 0.3) is 0 Å². The number of likely N-dealkylation sites (tertiary alicyclic amines) is 1. The van der Waals surface area contributed by atoms with E-state index < -0.39 is 0 Å². The zero-order valence-corrected chi connectivity index (χ0v) is 14.3. The molecule has 2 aliphatic heterocycles. The SMILES string of the molecule is Cl.NC1CCC2CN(CC(=O)N3CCCc4ccccc43)CC12. The largest absolute Gasteiger partial charge is 0.327 e. The molecule has 1 saturated heterocycles. The van der Waals surface area contributed by atoms with Crippen molar-refractivity contribution in [2.75, 3.05) is 31.1 Å². The predicted molar refractivity (Wildman–Crippen MR) is 95.0 cm³/mol. The third kappa shape index (κ3) is 3.12. The first-order chi connectivity index (χ1) is 10.7. The van der Waals surface area contributed by atoms with Gasteiger partial charge >= 0.3 is 0 Å². The Kier molecular flexibility index (Phi) is 4.95. The number of benzene rings is 1. The highest BCUT2D eigenvalue weighted by molar-refractivity contribution is 5.96. The fourth-order valence-electron chi connectivity index (χ4n) is 4.60. The lowest BCUT2D eigenvalue weighted by atomic mass is 9.98. The van der Waals surface area contributed by atoms with E-state index >= 15 is 0 Å². The maximum Gasteiger partial charge on any atom is 0.241 e. The molecule has 0 bridgehead atoms. The minimum absolute atomic E-state index is 0. The highest BCUT2D eigenvalue weighted by Crippen LogP contribution is 2.37. The molecule has 2 fully saturated rings. The fourth-order valence-corrected chi connectivity index (χ4v) is 4.60. The number of halogens is 1. The Morgan fingerprint density at radius 3 is 2.87 bits per heavy atom. The number of nitrogens with zero attached hydrogens (tertiary/aromatic N) is 2. The quantitative estimate of drug-likeness (QED) is 0.900. The molecule has 0 radical (unpaired) electrons. The molecule has 1 aromatic carbocycles. The van der Waals surface area contributed by atoms with Crippen LogP contribution in [0.15, 0.2) is 24.3 Å². The van der Waals surface area contributed by atoms with E-state index in [9.17, 15) is 4.79 Å². The maximum atomic E-state index is 12.8.